The van der Waals surface area contributed by atoms with Crippen molar-refractivity contribution >= 4 is 21.6 Å². The van der Waals surface area contributed by atoms with E-state index in [4.69, 9.17) is 0 Å². The van der Waals surface area contributed by atoms with Crippen LogP contribution in [0.25, 0.3) is 0 Å². The molecule has 0 radical (unpaired) electrons. The van der Waals surface area contributed by atoms with Gasteiger partial charge in [-0.1, -0.05) is 48.0 Å². The third-order valence-corrected chi connectivity index (χ3v) is 7.51. The summed E-state index contributed by atoms with van der Waals surface area (Å²) < 4.78 is 27.0. The number of nitrogens with zero attached hydrogens (tertiary/aromatic N) is 2. The molecule has 0 spiro atoms. The Labute approximate surface area is 196 Å². The van der Waals surface area contributed by atoms with Crippen LogP contribution in [0.2, 0.25) is 0 Å². The molecule has 3 rings (SSSR count). The summed E-state index contributed by atoms with van der Waals surface area (Å²) in [6, 6.07) is 23.7. The number of likely N-dealkylation sites (N-methyl/N-ethyl adjacent to an activating group) is 1. The average Bonchev–Trinajstić information content (AvgIpc) is 2.82. The van der Waals surface area contributed by atoms with Gasteiger partial charge in [0.15, 0.2) is 0 Å². The fraction of sp³-hybridized carbons (Fsp3) is 0.269. The second-order valence-corrected chi connectivity index (χ2v) is 10.3. The predicted octanol–water partition coefficient (Wildman–Crippen LogP) is 3.72. The first-order chi connectivity index (χ1) is 15.7. The third kappa shape index (κ3) is 6.21. The Morgan fingerprint density at radius 3 is 2.06 bits per heavy atom. The first kappa shape index (κ1) is 24.5. The number of nitrogens with one attached hydrogen (secondary N) is 1. The molecule has 3 aromatic rings. The van der Waals surface area contributed by atoms with Gasteiger partial charge in [-0.15, -0.1) is 0 Å². The maximum absolute atomic E-state index is 12.9. The van der Waals surface area contributed by atoms with Crippen LogP contribution in [-0.4, -0.2) is 53.0 Å². The topological polar surface area (TPSA) is 69.7 Å². The van der Waals surface area contributed by atoms with Gasteiger partial charge in [0.25, 0.3) is 15.9 Å². The Hall–Kier alpha value is -3.16. The normalized spacial score (nSPS) is 12.4. The second kappa shape index (κ2) is 10.6. The molecule has 6 nitrogen and oxygen atoms in total. The molecule has 1 atom stereocenters. The monoisotopic (exact) mass is 465 g/mol. The number of anilines is 1. The van der Waals surface area contributed by atoms with Crippen molar-refractivity contribution < 1.29 is 13.2 Å². The largest absolute Gasteiger partial charge is 0.350 e. The molecule has 7 heteroatoms. The van der Waals surface area contributed by atoms with Crippen molar-refractivity contribution in [1.29, 1.82) is 0 Å². The van der Waals surface area contributed by atoms with Crippen LogP contribution in [0.15, 0.2) is 83.8 Å². The summed E-state index contributed by atoms with van der Waals surface area (Å²) in [4.78, 5) is 15.0. The summed E-state index contributed by atoms with van der Waals surface area (Å²) in [6.07, 6.45) is 0.828. The highest BCUT2D eigenvalue weighted by atomic mass is 32.2. The predicted molar refractivity (Wildman–Crippen MR) is 133 cm³/mol. The lowest BCUT2D eigenvalue weighted by Crippen LogP contribution is -2.41. The van der Waals surface area contributed by atoms with Gasteiger partial charge >= 0.3 is 0 Å². The molecule has 174 valence electrons. The third-order valence-electron chi connectivity index (χ3n) is 5.72. The maximum Gasteiger partial charge on any atom is 0.264 e. The van der Waals surface area contributed by atoms with Crippen molar-refractivity contribution in [3.63, 3.8) is 0 Å². The molecule has 0 aromatic heterocycles. The molecule has 0 fully saturated rings. The standard InChI is InChI=1S/C26H31N3O3S/c1-20-10-16-25(17-11-20)33(31,32)29(4)23-14-12-22(13-15-23)26(30)27-19-24(28(2)3)18-21-8-6-5-7-9-21/h5-17,24H,18-19H2,1-4H3,(H,27,30)/t24-/m1/s1. The Morgan fingerprint density at radius 1 is 0.879 bits per heavy atom. The van der Waals surface area contributed by atoms with Crippen LogP contribution in [0.5, 0.6) is 0 Å². The van der Waals surface area contributed by atoms with Crippen molar-refractivity contribution in [1.82, 2.24) is 10.2 Å². The van der Waals surface area contributed by atoms with Gasteiger partial charge in [-0.25, -0.2) is 8.42 Å². The van der Waals surface area contributed by atoms with E-state index in [1.165, 1.54) is 16.9 Å². The molecular formula is C26H31N3O3S. The summed E-state index contributed by atoms with van der Waals surface area (Å²) in [5.41, 5.74) is 3.18. The second-order valence-electron chi connectivity index (χ2n) is 8.35. The van der Waals surface area contributed by atoms with Gasteiger partial charge in [-0.2, -0.15) is 0 Å². The van der Waals surface area contributed by atoms with E-state index in [0.717, 1.165) is 12.0 Å². The van der Waals surface area contributed by atoms with Crippen molar-refractivity contribution in [2.75, 3.05) is 32.0 Å². The van der Waals surface area contributed by atoms with Crippen LogP contribution in [0.4, 0.5) is 5.69 Å². The Kier molecular flexibility index (Phi) is 7.89. The molecule has 33 heavy (non-hydrogen) atoms. The number of amides is 1. The van der Waals surface area contributed by atoms with E-state index >= 15 is 0 Å². The van der Waals surface area contributed by atoms with Gasteiger partial charge < -0.3 is 10.2 Å². The number of sulfonamides is 1. The van der Waals surface area contributed by atoms with Gasteiger partial charge in [0.05, 0.1) is 10.6 Å². The molecule has 1 amide bonds. The molecule has 0 saturated carbocycles. The lowest BCUT2D eigenvalue weighted by Gasteiger charge is -2.25. The Balaban J connectivity index is 1.65. The van der Waals surface area contributed by atoms with E-state index in [9.17, 15) is 13.2 Å². The van der Waals surface area contributed by atoms with Crippen molar-refractivity contribution in [3.05, 3.63) is 95.6 Å². The van der Waals surface area contributed by atoms with E-state index in [0.29, 0.717) is 17.8 Å². The zero-order chi connectivity index (χ0) is 24.0. The van der Waals surface area contributed by atoms with Gasteiger partial charge in [0.1, 0.15) is 0 Å². The number of benzene rings is 3. The number of aryl methyl sites for hydroxylation is 1. The smallest absolute Gasteiger partial charge is 0.264 e. The minimum Gasteiger partial charge on any atom is -0.350 e. The molecule has 0 aliphatic carbocycles. The summed E-state index contributed by atoms with van der Waals surface area (Å²) in [7, 11) is 1.83. The number of hydrogen-bond donors (Lipinski definition) is 1. The molecular weight excluding hydrogens is 434 g/mol. The van der Waals surface area contributed by atoms with Crippen LogP contribution in [-0.2, 0) is 16.4 Å². The molecule has 0 aliphatic heterocycles. The summed E-state index contributed by atoms with van der Waals surface area (Å²) in [6.45, 7) is 2.41. The number of hydrogen-bond acceptors (Lipinski definition) is 4. The van der Waals surface area contributed by atoms with Gasteiger partial charge in [-0.3, -0.25) is 9.10 Å². The molecule has 3 aromatic carbocycles. The minimum atomic E-state index is -3.68. The summed E-state index contributed by atoms with van der Waals surface area (Å²) in [5.74, 6) is -0.189. The van der Waals surface area contributed by atoms with Crippen LogP contribution in [0.1, 0.15) is 21.5 Å². The number of carbonyl (C=O) groups excluding carboxylic acids is 1. The Morgan fingerprint density at radius 2 is 1.48 bits per heavy atom. The van der Waals surface area contributed by atoms with Crippen molar-refractivity contribution in [3.8, 4) is 0 Å². The molecule has 0 heterocycles. The van der Waals surface area contributed by atoms with Gasteiger partial charge in [0, 0.05) is 25.2 Å². The first-order valence-electron chi connectivity index (χ1n) is 10.8. The van der Waals surface area contributed by atoms with Crippen LogP contribution >= 0.6 is 0 Å². The maximum atomic E-state index is 12.9. The quantitative estimate of drug-likeness (QED) is 0.523. The van der Waals surface area contributed by atoms with E-state index in [2.05, 4.69) is 22.3 Å². The Bertz CT molecular complexity index is 1160. The summed E-state index contributed by atoms with van der Waals surface area (Å²) in [5, 5.41) is 3.00. The van der Waals surface area contributed by atoms with Crippen LogP contribution in [0.3, 0.4) is 0 Å². The SMILES string of the molecule is Cc1ccc(S(=O)(=O)N(C)c2ccc(C(=O)NC[C@@H](Cc3ccccc3)N(C)C)cc2)cc1. The van der Waals surface area contributed by atoms with Crippen molar-refractivity contribution in [2.45, 2.75) is 24.3 Å². The first-order valence-corrected chi connectivity index (χ1v) is 12.3. The van der Waals surface area contributed by atoms with E-state index in [1.54, 1.807) is 48.5 Å². The highest BCUT2D eigenvalue weighted by Crippen LogP contribution is 2.22. The minimum absolute atomic E-state index is 0.154. The lowest BCUT2D eigenvalue weighted by atomic mass is 10.0. The molecule has 0 aliphatic rings. The number of rotatable bonds is 9. The summed E-state index contributed by atoms with van der Waals surface area (Å²) >= 11 is 0. The molecule has 1 N–H and O–H groups in total. The van der Waals surface area contributed by atoms with E-state index < -0.39 is 10.0 Å². The molecule has 0 saturated heterocycles. The molecule has 0 unspecified atom stereocenters. The fourth-order valence-corrected chi connectivity index (χ4v) is 4.66. The van der Waals surface area contributed by atoms with Gasteiger partial charge in [0.2, 0.25) is 0 Å². The van der Waals surface area contributed by atoms with E-state index in [-0.39, 0.29) is 16.8 Å². The number of carbonyl (C=O) groups is 1. The van der Waals surface area contributed by atoms with Crippen molar-refractivity contribution in [2.24, 2.45) is 0 Å². The van der Waals surface area contributed by atoms with Crippen LogP contribution < -0.4 is 9.62 Å². The van der Waals surface area contributed by atoms with E-state index in [1.807, 2.05) is 39.2 Å². The lowest BCUT2D eigenvalue weighted by molar-refractivity contribution is 0.0941. The van der Waals surface area contributed by atoms with Gasteiger partial charge in [-0.05, 0) is 69.4 Å². The fourth-order valence-electron chi connectivity index (χ4n) is 3.47. The zero-order valence-corrected chi connectivity index (χ0v) is 20.3. The highest BCUT2D eigenvalue weighted by molar-refractivity contribution is 7.92. The highest BCUT2D eigenvalue weighted by Gasteiger charge is 2.21. The van der Waals surface area contributed by atoms with Crippen LogP contribution in [0, 0.1) is 6.92 Å². The molecule has 0 bridgehead atoms. The average molecular weight is 466 g/mol. The zero-order valence-electron chi connectivity index (χ0n) is 19.5.